The van der Waals surface area contributed by atoms with Gasteiger partial charge in [0.25, 0.3) is 0 Å². The second kappa shape index (κ2) is 7.69. The fourth-order valence-corrected chi connectivity index (χ4v) is 4.30. The summed E-state index contributed by atoms with van der Waals surface area (Å²) in [6.07, 6.45) is 1.55. The highest BCUT2D eigenvalue weighted by Gasteiger charge is 2.15. The molecule has 0 unspecified atom stereocenters. The number of phenolic OH excluding ortho intramolecular Hbond substituents is 2. The van der Waals surface area contributed by atoms with E-state index < -0.39 is 5.63 Å². The third-order valence-electron chi connectivity index (χ3n) is 5.08. The van der Waals surface area contributed by atoms with Crippen LogP contribution in [0.2, 0.25) is 0 Å². The highest BCUT2D eigenvalue weighted by atomic mass is 32.1. The Morgan fingerprint density at radius 2 is 1.88 bits per heavy atom. The van der Waals surface area contributed by atoms with Crippen LogP contribution in [0.15, 0.2) is 75.3 Å². The summed E-state index contributed by atoms with van der Waals surface area (Å²) >= 11 is 1.23. The minimum absolute atomic E-state index is 0.243. The van der Waals surface area contributed by atoms with Gasteiger partial charge >= 0.3 is 5.63 Å². The lowest BCUT2D eigenvalue weighted by molar-refractivity contribution is 0.403. The van der Waals surface area contributed by atoms with Gasteiger partial charge in [-0.1, -0.05) is 36.4 Å². The summed E-state index contributed by atoms with van der Waals surface area (Å²) in [5, 5.41) is 33.7. The van der Waals surface area contributed by atoms with Gasteiger partial charge in [-0.3, -0.25) is 0 Å². The number of benzene rings is 3. The van der Waals surface area contributed by atoms with Gasteiger partial charge < -0.3 is 14.6 Å². The van der Waals surface area contributed by atoms with Crippen molar-refractivity contribution in [3.05, 3.63) is 87.0 Å². The Morgan fingerprint density at radius 3 is 2.69 bits per heavy atom. The average molecular weight is 438 g/mol. The van der Waals surface area contributed by atoms with Crippen LogP contribution in [0, 0.1) is 11.3 Å². The summed E-state index contributed by atoms with van der Waals surface area (Å²) in [5.74, 6) is -0.524. The molecule has 0 amide bonds. The van der Waals surface area contributed by atoms with Gasteiger partial charge in [0.1, 0.15) is 16.7 Å². The lowest BCUT2D eigenvalue weighted by atomic mass is 10.0. The molecular formula is C25H14N2O4S. The monoisotopic (exact) mass is 438 g/mol. The topological polar surface area (TPSA) is 107 Å². The standard InChI is InChI=1S/C25H14N2O4S/c26-12-16(9-14-5-7-21(28)22(29)10-14)24-27-20(13-32-24)19-11-18-17-4-2-1-3-15(17)6-8-23(18)31-25(19)30/h1-11,13,28-29H. The molecule has 32 heavy (non-hydrogen) atoms. The van der Waals surface area contributed by atoms with Crippen LogP contribution < -0.4 is 5.63 Å². The van der Waals surface area contributed by atoms with Crippen molar-refractivity contribution in [3.63, 3.8) is 0 Å². The second-order valence-corrected chi connectivity index (χ2v) is 7.96. The predicted octanol–water partition coefficient (Wildman–Crippen LogP) is 5.55. The molecule has 0 spiro atoms. The van der Waals surface area contributed by atoms with E-state index in [1.807, 2.05) is 30.3 Å². The molecule has 0 aliphatic heterocycles. The maximum atomic E-state index is 12.6. The first-order chi connectivity index (χ1) is 15.5. The van der Waals surface area contributed by atoms with Crippen molar-refractivity contribution in [1.82, 2.24) is 4.98 Å². The molecule has 5 aromatic rings. The zero-order valence-corrected chi connectivity index (χ0v) is 17.3. The molecule has 3 aromatic carbocycles. The molecule has 0 radical (unpaired) electrons. The van der Waals surface area contributed by atoms with E-state index in [0.717, 1.165) is 16.2 Å². The molecule has 0 saturated heterocycles. The van der Waals surface area contributed by atoms with Gasteiger partial charge in [0.15, 0.2) is 11.5 Å². The first kappa shape index (κ1) is 19.5. The van der Waals surface area contributed by atoms with E-state index in [9.17, 15) is 20.3 Å². The number of phenols is 2. The number of hydrogen-bond acceptors (Lipinski definition) is 7. The van der Waals surface area contributed by atoms with E-state index in [-0.39, 0.29) is 17.1 Å². The number of nitrogens with zero attached hydrogens (tertiary/aromatic N) is 2. The van der Waals surface area contributed by atoms with E-state index in [2.05, 4.69) is 11.1 Å². The van der Waals surface area contributed by atoms with Gasteiger partial charge in [0.2, 0.25) is 0 Å². The number of nitriles is 1. The van der Waals surface area contributed by atoms with Gasteiger partial charge in [-0.25, -0.2) is 9.78 Å². The molecule has 0 saturated carbocycles. The molecule has 0 atom stereocenters. The molecule has 0 aliphatic carbocycles. The molecular weight excluding hydrogens is 424 g/mol. The zero-order chi connectivity index (χ0) is 22.2. The quantitative estimate of drug-likeness (QED) is 0.166. The van der Waals surface area contributed by atoms with Crippen molar-refractivity contribution >= 4 is 44.7 Å². The van der Waals surface area contributed by atoms with Crippen molar-refractivity contribution in [3.8, 4) is 28.8 Å². The van der Waals surface area contributed by atoms with Crippen molar-refractivity contribution in [1.29, 1.82) is 5.26 Å². The first-order valence-corrected chi connectivity index (χ1v) is 10.5. The van der Waals surface area contributed by atoms with Crippen LogP contribution in [-0.2, 0) is 0 Å². The van der Waals surface area contributed by atoms with Crippen LogP contribution in [0.1, 0.15) is 10.6 Å². The van der Waals surface area contributed by atoms with Gasteiger partial charge in [-0.2, -0.15) is 5.26 Å². The van der Waals surface area contributed by atoms with Crippen molar-refractivity contribution in [2.24, 2.45) is 0 Å². The third kappa shape index (κ3) is 3.39. The Bertz CT molecular complexity index is 1640. The Hall–Kier alpha value is -4.41. The molecule has 2 aromatic heterocycles. The minimum Gasteiger partial charge on any atom is -0.504 e. The van der Waals surface area contributed by atoms with Crippen LogP contribution in [0.3, 0.4) is 0 Å². The Morgan fingerprint density at radius 1 is 1.03 bits per heavy atom. The molecule has 0 aliphatic rings. The van der Waals surface area contributed by atoms with Gasteiger partial charge in [-0.05, 0) is 46.7 Å². The van der Waals surface area contributed by atoms with Gasteiger partial charge in [0.05, 0.1) is 16.8 Å². The van der Waals surface area contributed by atoms with Gasteiger partial charge in [0, 0.05) is 10.8 Å². The summed E-state index contributed by atoms with van der Waals surface area (Å²) in [4.78, 5) is 17.1. The highest BCUT2D eigenvalue weighted by molar-refractivity contribution is 7.11. The van der Waals surface area contributed by atoms with Crippen molar-refractivity contribution in [2.45, 2.75) is 0 Å². The molecule has 0 fully saturated rings. The predicted molar refractivity (Wildman–Crippen MR) is 124 cm³/mol. The molecule has 7 heteroatoms. The normalized spacial score (nSPS) is 11.7. The first-order valence-electron chi connectivity index (χ1n) is 9.59. The fraction of sp³-hybridized carbons (Fsp3) is 0. The Labute approximate surface area is 185 Å². The van der Waals surface area contributed by atoms with Crippen LogP contribution >= 0.6 is 11.3 Å². The maximum absolute atomic E-state index is 12.6. The fourth-order valence-electron chi connectivity index (χ4n) is 3.51. The Kier molecular flexibility index (Phi) is 4.70. The summed E-state index contributed by atoms with van der Waals surface area (Å²) in [7, 11) is 0. The molecule has 5 rings (SSSR count). The van der Waals surface area contributed by atoms with E-state index in [1.54, 1.807) is 29.7 Å². The molecule has 2 heterocycles. The van der Waals surface area contributed by atoms with E-state index in [1.165, 1.54) is 23.5 Å². The van der Waals surface area contributed by atoms with Crippen LogP contribution in [0.25, 0.3) is 44.6 Å². The van der Waals surface area contributed by atoms with Crippen LogP contribution in [-0.4, -0.2) is 15.2 Å². The summed E-state index contributed by atoms with van der Waals surface area (Å²) < 4.78 is 5.55. The van der Waals surface area contributed by atoms with E-state index >= 15 is 0 Å². The molecule has 154 valence electrons. The third-order valence-corrected chi connectivity index (χ3v) is 5.96. The van der Waals surface area contributed by atoms with E-state index in [0.29, 0.717) is 27.4 Å². The van der Waals surface area contributed by atoms with Gasteiger partial charge in [-0.15, -0.1) is 11.3 Å². The smallest absolute Gasteiger partial charge is 0.345 e. The molecule has 2 N–H and O–H groups in total. The number of aromatic nitrogens is 1. The maximum Gasteiger partial charge on any atom is 0.345 e. The Balaban J connectivity index is 1.60. The minimum atomic E-state index is -0.504. The van der Waals surface area contributed by atoms with Crippen LogP contribution in [0.4, 0.5) is 0 Å². The van der Waals surface area contributed by atoms with Crippen molar-refractivity contribution in [2.75, 3.05) is 0 Å². The largest absolute Gasteiger partial charge is 0.504 e. The SMILES string of the molecule is N#CC(=Cc1ccc(O)c(O)c1)c1nc(-c2cc3c(ccc4ccccc43)oc2=O)cs1. The summed E-state index contributed by atoms with van der Waals surface area (Å²) in [6, 6.07) is 19.7. The molecule has 6 nitrogen and oxygen atoms in total. The number of thiazole rings is 1. The highest BCUT2D eigenvalue weighted by Crippen LogP contribution is 2.31. The number of allylic oxidation sites excluding steroid dienone is 1. The zero-order valence-electron chi connectivity index (χ0n) is 16.4. The number of fused-ring (bicyclic) bond motifs is 3. The summed E-state index contributed by atoms with van der Waals surface area (Å²) in [6.45, 7) is 0. The van der Waals surface area contributed by atoms with Crippen LogP contribution in [0.5, 0.6) is 11.5 Å². The average Bonchev–Trinajstić information content (AvgIpc) is 3.29. The van der Waals surface area contributed by atoms with Crippen molar-refractivity contribution < 1.29 is 14.6 Å². The second-order valence-electron chi connectivity index (χ2n) is 7.10. The number of rotatable bonds is 3. The number of aromatic hydroxyl groups is 2. The van der Waals surface area contributed by atoms with E-state index in [4.69, 9.17) is 4.42 Å². The number of hydrogen-bond donors (Lipinski definition) is 2. The molecule has 0 bridgehead atoms. The summed E-state index contributed by atoms with van der Waals surface area (Å²) in [5.41, 5.74) is 1.53. The lowest BCUT2D eigenvalue weighted by Crippen LogP contribution is -2.03. The lowest BCUT2D eigenvalue weighted by Gasteiger charge is -2.04.